The summed E-state index contributed by atoms with van der Waals surface area (Å²) in [7, 11) is 1.30. The van der Waals surface area contributed by atoms with Crippen LogP contribution in [-0.2, 0) is 20.9 Å². The van der Waals surface area contributed by atoms with Gasteiger partial charge in [0.2, 0.25) is 0 Å². The lowest BCUT2D eigenvalue weighted by molar-refractivity contribution is -0.129. The predicted molar refractivity (Wildman–Crippen MR) is 129 cm³/mol. The fraction of sp³-hybridized carbons (Fsp3) is 0.185. The van der Waals surface area contributed by atoms with Gasteiger partial charge >= 0.3 is 5.97 Å². The number of carbonyl (C=O) groups is 3. The van der Waals surface area contributed by atoms with E-state index in [1.807, 2.05) is 41.1 Å². The van der Waals surface area contributed by atoms with Crippen LogP contribution in [-0.4, -0.2) is 50.9 Å². The maximum absolute atomic E-state index is 13.2. The van der Waals surface area contributed by atoms with Crippen LogP contribution in [0.5, 0.6) is 0 Å². The molecule has 0 saturated carbocycles. The molecule has 1 atom stereocenters. The highest BCUT2D eigenvalue weighted by Gasteiger charge is 2.42. The summed E-state index contributed by atoms with van der Waals surface area (Å²) in [5, 5.41) is 10.7. The molecule has 3 aromatic rings. The third-order valence-electron chi connectivity index (χ3n) is 5.82. The fourth-order valence-corrected chi connectivity index (χ4v) is 4.07. The van der Waals surface area contributed by atoms with Crippen LogP contribution in [0.4, 0.5) is 0 Å². The number of amides is 1. The van der Waals surface area contributed by atoms with E-state index >= 15 is 0 Å². The first-order valence-corrected chi connectivity index (χ1v) is 11.1. The normalized spacial score (nSPS) is 15.7. The van der Waals surface area contributed by atoms with Crippen molar-refractivity contribution in [3.05, 3.63) is 107 Å². The number of hydrogen-bond donors (Lipinski definition) is 1. The number of aliphatic hydroxyl groups is 1. The zero-order chi connectivity index (χ0) is 24.8. The number of aliphatic hydroxyl groups excluding tert-OH is 1. The number of ether oxygens (including phenoxy) is 1. The first-order valence-electron chi connectivity index (χ1n) is 11.1. The van der Waals surface area contributed by atoms with Gasteiger partial charge in [-0.3, -0.25) is 9.59 Å². The SMILES string of the molecule is COC(=O)c1ccc(C2C(C(=O)C=Cc3ccccc3)=C(O)C(=O)N2CCCn2ccnc2)cc1. The Morgan fingerprint density at radius 3 is 2.49 bits per heavy atom. The molecular formula is C27H25N3O5. The first kappa shape index (κ1) is 23.7. The summed E-state index contributed by atoms with van der Waals surface area (Å²) < 4.78 is 6.65. The van der Waals surface area contributed by atoms with Crippen LogP contribution in [0.1, 0.15) is 33.9 Å². The van der Waals surface area contributed by atoms with Crippen molar-refractivity contribution < 1.29 is 24.2 Å². The van der Waals surface area contributed by atoms with E-state index < -0.39 is 29.5 Å². The molecule has 8 nitrogen and oxygen atoms in total. The van der Waals surface area contributed by atoms with Crippen LogP contribution in [0.2, 0.25) is 0 Å². The molecule has 1 N–H and O–H groups in total. The molecule has 1 unspecified atom stereocenters. The predicted octanol–water partition coefficient (Wildman–Crippen LogP) is 3.74. The van der Waals surface area contributed by atoms with E-state index in [4.69, 9.17) is 4.74 Å². The number of aromatic nitrogens is 2. The highest BCUT2D eigenvalue weighted by Crippen LogP contribution is 2.38. The Balaban J connectivity index is 1.63. The van der Waals surface area contributed by atoms with Crippen LogP contribution in [0.3, 0.4) is 0 Å². The average molecular weight is 472 g/mol. The standard InChI is InChI=1S/C27H25N3O5/c1-35-27(34)21-11-9-20(10-12-21)24-23(22(31)13-8-19-6-3-2-4-7-19)25(32)26(33)30(24)16-5-15-29-17-14-28-18-29/h2-4,6-14,17-18,24,32H,5,15-16H2,1H3. The number of benzene rings is 2. The van der Waals surface area contributed by atoms with Crippen LogP contribution in [0, 0.1) is 0 Å². The zero-order valence-electron chi connectivity index (χ0n) is 19.2. The lowest BCUT2D eigenvalue weighted by atomic mass is 9.94. The summed E-state index contributed by atoms with van der Waals surface area (Å²) in [6.07, 6.45) is 8.79. The van der Waals surface area contributed by atoms with Gasteiger partial charge in [0.1, 0.15) is 0 Å². The number of carbonyl (C=O) groups excluding carboxylic acids is 3. The lowest BCUT2D eigenvalue weighted by Gasteiger charge is -2.26. The summed E-state index contributed by atoms with van der Waals surface area (Å²) in [5.74, 6) is -2.11. The lowest BCUT2D eigenvalue weighted by Crippen LogP contribution is -2.32. The van der Waals surface area contributed by atoms with Crippen molar-refractivity contribution in [1.29, 1.82) is 0 Å². The highest BCUT2D eigenvalue weighted by atomic mass is 16.5. The monoisotopic (exact) mass is 471 g/mol. The average Bonchev–Trinajstić information content (AvgIpc) is 3.50. The second-order valence-corrected chi connectivity index (χ2v) is 8.04. The maximum atomic E-state index is 13.2. The summed E-state index contributed by atoms with van der Waals surface area (Å²) >= 11 is 0. The molecule has 1 aromatic heterocycles. The Morgan fingerprint density at radius 2 is 1.83 bits per heavy atom. The number of aryl methyl sites for hydroxylation is 1. The smallest absolute Gasteiger partial charge is 0.337 e. The number of esters is 1. The van der Waals surface area contributed by atoms with Gasteiger partial charge in [0, 0.05) is 25.5 Å². The third kappa shape index (κ3) is 5.22. The van der Waals surface area contributed by atoms with Gasteiger partial charge in [-0.15, -0.1) is 0 Å². The maximum Gasteiger partial charge on any atom is 0.337 e. The minimum Gasteiger partial charge on any atom is -0.503 e. The van der Waals surface area contributed by atoms with Crippen molar-refractivity contribution in [3.63, 3.8) is 0 Å². The second kappa shape index (κ2) is 10.6. The highest BCUT2D eigenvalue weighted by molar-refractivity contribution is 6.14. The van der Waals surface area contributed by atoms with Crippen LogP contribution < -0.4 is 0 Å². The van der Waals surface area contributed by atoms with Gasteiger partial charge in [-0.1, -0.05) is 48.5 Å². The number of ketones is 1. The van der Waals surface area contributed by atoms with E-state index in [0.29, 0.717) is 30.6 Å². The van der Waals surface area contributed by atoms with Gasteiger partial charge in [-0.05, 0) is 35.8 Å². The number of rotatable bonds is 9. The molecule has 1 amide bonds. The number of hydrogen-bond acceptors (Lipinski definition) is 6. The molecule has 0 saturated heterocycles. The molecule has 1 aliphatic rings. The van der Waals surface area contributed by atoms with Crippen LogP contribution >= 0.6 is 0 Å². The minimum atomic E-state index is -0.787. The quantitative estimate of drug-likeness (QED) is 0.377. The second-order valence-electron chi connectivity index (χ2n) is 8.04. The molecule has 1 aliphatic heterocycles. The molecule has 4 rings (SSSR count). The van der Waals surface area contributed by atoms with Crippen molar-refractivity contribution in [2.75, 3.05) is 13.7 Å². The Bertz CT molecular complexity index is 1260. The molecule has 0 aliphatic carbocycles. The van der Waals surface area contributed by atoms with Gasteiger partial charge in [0.05, 0.1) is 30.6 Å². The van der Waals surface area contributed by atoms with Gasteiger partial charge in [0.25, 0.3) is 5.91 Å². The molecule has 0 radical (unpaired) electrons. The van der Waals surface area contributed by atoms with E-state index in [1.165, 1.54) is 18.1 Å². The van der Waals surface area contributed by atoms with Gasteiger partial charge < -0.3 is 19.3 Å². The zero-order valence-corrected chi connectivity index (χ0v) is 19.2. The van der Waals surface area contributed by atoms with E-state index in [2.05, 4.69) is 4.98 Å². The van der Waals surface area contributed by atoms with Gasteiger partial charge in [0.15, 0.2) is 11.5 Å². The van der Waals surface area contributed by atoms with Crippen molar-refractivity contribution in [2.45, 2.75) is 19.0 Å². The summed E-state index contributed by atoms with van der Waals surface area (Å²) in [5.41, 5.74) is 1.78. The molecule has 2 aromatic carbocycles. The van der Waals surface area contributed by atoms with E-state index in [-0.39, 0.29) is 5.57 Å². The fourth-order valence-electron chi connectivity index (χ4n) is 4.07. The Morgan fingerprint density at radius 1 is 1.09 bits per heavy atom. The summed E-state index contributed by atoms with van der Waals surface area (Å²) in [6.45, 7) is 0.930. The van der Waals surface area contributed by atoms with Crippen molar-refractivity contribution >= 4 is 23.7 Å². The molecule has 0 fully saturated rings. The Labute approximate surface area is 202 Å². The van der Waals surface area contributed by atoms with Crippen LogP contribution in [0.15, 0.2) is 90.7 Å². The molecule has 0 spiro atoms. The Kier molecular flexibility index (Phi) is 7.21. The minimum absolute atomic E-state index is 0.00984. The van der Waals surface area contributed by atoms with Gasteiger partial charge in [-0.25, -0.2) is 9.78 Å². The van der Waals surface area contributed by atoms with Crippen molar-refractivity contribution in [2.24, 2.45) is 0 Å². The van der Waals surface area contributed by atoms with Crippen molar-refractivity contribution in [3.8, 4) is 0 Å². The molecule has 8 heteroatoms. The third-order valence-corrected chi connectivity index (χ3v) is 5.82. The molecule has 35 heavy (non-hydrogen) atoms. The van der Waals surface area contributed by atoms with E-state index in [0.717, 1.165) is 5.56 Å². The molecular weight excluding hydrogens is 446 g/mol. The number of nitrogens with zero attached hydrogens (tertiary/aromatic N) is 3. The molecule has 2 heterocycles. The van der Waals surface area contributed by atoms with Crippen LogP contribution in [0.25, 0.3) is 6.08 Å². The summed E-state index contributed by atoms with van der Waals surface area (Å²) in [4.78, 5) is 43.6. The first-order chi connectivity index (χ1) is 17.0. The van der Waals surface area contributed by atoms with E-state index in [9.17, 15) is 19.5 Å². The molecule has 0 bridgehead atoms. The topological polar surface area (TPSA) is 102 Å². The summed E-state index contributed by atoms with van der Waals surface area (Å²) in [6, 6.07) is 15.0. The molecule has 178 valence electrons. The Hall–Kier alpha value is -4.46. The van der Waals surface area contributed by atoms with Crippen molar-refractivity contribution in [1.82, 2.24) is 14.5 Å². The number of methoxy groups -OCH3 is 1. The number of allylic oxidation sites excluding steroid dienone is 1. The van der Waals surface area contributed by atoms with E-state index in [1.54, 1.807) is 42.9 Å². The number of imidazole rings is 1. The van der Waals surface area contributed by atoms with Gasteiger partial charge in [-0.2, -0.15) is 0 Å². The largest absolute Gasteiger partial charge is 0.503 e.